The van der Waals surface area contributed by atoms with Gasteiger partial charge in [0.1, 0.15) is 0 Å². The quantitative estimate of drug-likeness (QED) is 0.620. The van der Waals surface area contributed by atoms with Gasteiger partial charge in [-0.15, -0.1) is 0 Å². The summed E-state index contributed by atoms with van der Waals surface area (Å²) in [6.45, 7) is 11.2. The highest BCUT2D eigenvalue weighted by atomic mass is 16.2. The molecule has 2 aromatic carbocycles. The Hall–Kier alpha value is -3.03. The highest BCUT2D eigenvalue weighted by Gasteiger charge is 2.18. The third kappa shape index (κ3) is 4.74. The highest BCUT2D eigenvalue weighted by molar-refractivity contribution is 6.04. The molecule has 0 saturated carbocycles. The van der Waals surface area contributed by atoms with Crippen LogP contribution >= 0.6 is 0 Å². The SMILES string of the molecule is CCN1CCN(Cc2ccccc2CNC(=O)c2nn(CC)c(=O)c3ccccc23)CC1. The van der Waals surface area contributed by atoms with Crippen molar-refractivity contribution >= 4 is 16.7 Å². The standard InChI is InChI=1S/C25H31N5O2/c1-3-28-13-15-29(16-14-28)18-20-10-6-5-9-19(20)17-26-24(31)23-21-11-7-8-12-22(21)25(32)30(4-2)27-23/h5-12H,3-4,13-18H2,1-2H3,(H,26,31). The maximum absolute atomic E-state index is 13.1. The first-order chi connectivity index (χ1) is 15.6. The molecule has 3 aromatic rings. The molecule has 1 aromatic heterocycles. The number of rotatable bonds is 7. The van der Waals surface area contributed by atoms with Crippen molar-refractivity contribution in [3.05, 3.63) is 75.7 Å². The molecule has 0 aliphatic carbocycles. The number of amides is 1. The van der Waals surface area contributed by atoms with Crippen molar-refractivity contribution < 1.29 is 4.79 Å². The van der Waals surface area contributed by atoms with E-state index in [2.05, 4.69) is 45.3 Å². The molecule has 0 unspecified atom stereocenters. The Labute approximate surface area is 188 Å². The molecule has 2 heterocycles. The van der Waals surface area contributed by atoms with E-state index in [0.717, 1.165) is 44.8 Å². The zero-order valence-corrected chi connectivity index (χ0v) is 18.9. The average molecular weight is 434 g/mol. The monoisotopic (exact) mass is 433 g/mol. The van der Waals surface area contributed by atoms with Crippen LogP contribution in [-0.2, 0) is 19.6 Å². The summed E-state index contributed by atoms with van der Waals surface area (Å²) in [6.07, 6.45) is 0. The van der Waals surface area contributed by atoms with Crippen LogP contribution in [0.5, 0.6) is 0 Å². The summed E-state index contributed by atoms with van der Waals surface area (Å²) < 4.78 is 1.35. The smallest absolute Gasteiger partial charge is 0.274 e. The number of nitrogens with one attached hydrogen (secondary N) is 1. The van der Waals surface area contributed by atoms with E-state index in [0.29, 0.717) is 23.9 Å². The molecule has 0 radical (unpaired) electrons. The lowest BCUT2D eigenvalue weighted by atomic mass is 10.1. The topological polar surface area (TPSA) is 70.5 Å². The summed E-state index contributed by atoms with van der Waals surface area (Å²) in [4.78, 5) is 30.6. The summed E-state index contributed by atoms with van der Waals surface area (Å²) in [7, 11) is 0. The van der Waals surface area contributed by atoms with Crippen LogP contribution in [0.1, 0.15) is 35.5 Å². The summed E-state index contributed by atoms with van der Waals surface area (Å²) in [5, 5.41) is 8.47. The van der Waals surface area contributed by atoms with E-state index < -0.39 is 0 Å². The van der Waals surface area contributed by atoms with E-state index >= 15 is 0 Å². The maximum Gasteiger partial charge on any atom is 0.274 e. The predicted molar refractivity (Wildman–Crippen MR) is 127 cm³/mol. The largest absolute Gasteiger partial charge is 0.347 e. The van der Waals surface area contributed by atoms with E-state index in [1.54, 1.807) is 12.1 Å². The summed E-state index contributed by atoms with van der Waals surface area (Å²) in [5.41, 5.74) is 2.45. The number of benzene rings is 2. The van der Waals surface area contributed by atoms with Gasteiger partial charge < -0.3 is 10.2 Å². The van der Waals surface area contributed by atoms with Gasteiger partial charge >= 0.3 is 0 Å². The van der Waals surface area contributed by atoms with Crippen molar-refractivity contribution in [2.24, 2.45) is 0 Å². The third-order valence-corrected chi connectivity index (χ3v) is 6.25. The normalized spacial score (nSPS) is 15.2. The molecule has 32 heavy (non-hydrogen) atoms. The molecule has 1 aliphatic rings. The lowest BCUT2D eigenvalue weighted by Crippen LogP contribution is -2.45. The molecule has 168 valence electrons. The lowest BCUT2D eigenvalue weighted by molar-refractivity contribution is 0.0945. The van der Waals surface area contributed by atoms with E-state index in [4.69, 9.17) is 0 Å². The van der Waals surface area contributed by atoms with Crippen molar-refractivity contribution in [3.8, 4) is 0 Å². The Morgan fingerprint density at radius 3 is 2.19 bits per heavy atom. The van der Waals surface area contributed by atoms with Gasteiger partial charge in [-0.25, -0.2) is 4.68 Å². The van der Waals surface area contributed by atoms with Crippen molar-refractivity contribution in [2.45, 2.75) is 33.5 Å². The van der Waals surface area contributed by atoms with Crippen LogP contribution in [0, 0.1) is 0 Å². The Morgan fingerprint density at radius 2 is 1.50 bits per heavy atom. The van der Waals surface area contributed by atoms with Crippen LogP contribution in [0.15, 0.2) is 53.3 Å². The average Bonchev–Trinajstić information content (AvgIpc) is 2.84. The van der Waals surface area contributed by atoms with Crippen LogP contribution in [0.3, 0.4) is 0 Å². The van der Waals surface area contributed by atoms with E-state index in [1.165, 1.54) is 10.2 Å². The molecule has 7 heteroatoms. The third-order valence-electron chi connectivity index (χ3n) is 6.25. The van der Waals surface area contributed by atoms with Crippen molar-refractivity contribution in [3.63, 3.8) is 0 Å². The van der Waals surface area contributed by atoms with E-state index in [-0.39, 0.29) is 17.2 Å². The molecular formula is C25H31N5O2. The number of fused-ring (bicyclic) bond motifs is 1. The van der Waals surface area contributed by atoms with Crippen molar-refractivity contribution in [2.75, 3.05) is 32.7 Å². The molecule has 0 spiro atoms. The molecule has 1 amide bonds. The van der Waals surface area contributed by atoms with Gasteiger partial charge in [0.15, 0.2) is 5.69 Å². The zero-order valence-electron chi connectivity index (χ0n) is 18.9. The minimum absolute atomic E-state index is 0.173. The highest BCUT2D eigenvalue weighted by Crippen LogP contribution is 2.16. The number of aryl methyl sites for hydroxylation is 1. The van der Waals surface area contributed by atoms with Gasteiger partial charge in [0.05, 0.1) is 5.39 Å². The Balaban J connectivity index is 1.50. The second-order valence-electron chi connectivity index (χ2n) is 8.18. The molecule has 0 bridgehead atoms. The van der Waals surface area contributed by atoms with E-state index in [9.17, 15) is 9.59 Å². The van der Waals surface area contributed by atoms with Crippen molar-refractivity contribution in [1.82, 2.24) is 24.9 Å². The van der Waals surface area contributed by atoms with Gasteiger partial charge in [0.25, 0.3) is 11.5 Å². The zero-order chi connectivity index (χ0) is 22.5. The van der Waals surface area contributed by atoms with Gasteiger partial charge in [-0.05, 0) is 30.7 Å². The number of hydrogen-bond acceptors (Lipinski definition) is 5. The number of hydrogen-bond donors (Lipinski definition) is 1. The first-order valence-electron chi connectivity index (χ1n) is 11.4. The maximum atomic E-state index is 13.1. The van der Waals surface area contributed by atoms with Gasteiger partial charge in [0.2, 0.25) is 0 Å². The van der Waals surface area contributed by atoms with E-state index in [1.807, 2.05) is 25.1 Å². The van der Waals surface area contributed by atoms with Gasteiger partial charge in [-0.3, -0.25) is 14.5 Å². The lowest BCUT2D eigenvalue weighted by Gasteiger charge is -2.34. The molecule has 1 saturated heterocycles. The van der Waals surface area contributed by atoms with Gasteiger partial charge in [-0.1, -0.05) is 49.4 Å². The summed E-state index contributed by atoms with van der Waals surface area (Å²) in [5.74, 6) is -0.269. The van der Waals surface area contributed by atoms with Crippen LogP contribution in [0.4, 0.5) is 0 Å². The molecule has 1 fully saturated rings. The summed E-state index contributed by atoms with van der Waals surface area (Å²) in [6, 6.07) is 15.4. The second kappa shape index (κ2) is 10.1. The van der Waals surface area contributed by atoms with Crippen LogP contribution in [-0.4, -0.2) is 58.2 Å². The predicted octanol–water partition coefficient (Wildman–Crippen LogP) is 2.48. The molecule has 7 nitrogen and oxygen atoms in total. The number of carbonyl (C=O) groups is 1. The fourth-order valence-electron chi connectivity index (χ4n) is 4.27. The van der Waals surface area contributed by atoms with Gasteiger partial charge in [0, 0.05) is 51.2 Å². The Kier molecular flexibility index (Phi) is 6.97. The molecule has 1 N–H and O–H groups in total. The molecule has 1 aliphatic heterocycles. The minimum atomic E-state index is -0.269. The number of piperazine rings is 1. The number of aromatic nitrogens is 2. The van der Waals surface area contributed by atoms with Crippen LogP contribution in [0.25, 0.3) is 10.8 Å². The first kappa shape index (κ1) is 22.2. The van der Waals surface area contributed by atoms with Crippen LogP contribution < -0.4 is 10.9 Å². The minimum Gasteiger partial charge on any atom is -0.347 e. The second-order valence-corrected chi connectivity index (χ2v) is 8.18. The Morgan fingerprint density at radius 1 is 0.875 bits per heavy atom. The molecule has 0 atom stereocenters. The van der Waals surface area contributed by atoms with Crippen molar-refractivity contribution in [1.29, 1.82) is 0 Å². The number of nitrogens with zero attached hydrogens (tertiary/aromatic N) is 4. The fourth-order valence-corrected chi connectivity index (χ4v) is 4.27. The first-order valence-corrected chi connectivity index (χ1v) is 11.4. The van der Waals surface area contributed by atoms with Crippen LogP contribution in [0.2, 0.25) is 0 Å². The number of likely N-dealkylation sites (N-methyl/N-ethyl adjacent to an activating group) is 1. The van der Waals surface area contributed by atoms with Gasteiger partial charge in [-0.2, -0.15) is 5.10 Å². The molecule has 4 rings (SSSR count). The molecular weight excluding hydrogens is 402 g/mol. The summed E-state index contributed by atoms with van der Waals surface area (Å²) >= 11 is 0. The fraction of sp³-hybridized carbons (Fsp3) is 0.400. The Bertz CT molecular complexity index is 1150. The number of carbonyl (C=O) groups excluding carboxylic acids is 1.